The van der Waals surface area contributed by atoms with Crippen molar-refractivity contribution in [3.8, 4) is 0 Å². The number of benzene rings is 1. The third-order valence-electron chi connectivity index (χ3n) is 3.89. The number of aryl methyl sites for hydroxylation is 1. The fraction of sp³-hybridized carbons (Fsp3) is 0.500. The van der Waals surface area contributed by atoms with Crippen LogP contribution in [0.5, 0.6) is 0 Å². The molecule has 2 amide bonds. The van der Waals surface area contributed by atoms with Crippen LogP contribution < -0.4 is 10.6 Å². The summed E-state index contributed by atoms with van der Waals surface area (Å²) in [5, 5.41) is 14.6. The topological polar surface area (TPSA) is 78.4 Å². The van der Waals surface area contributed by atoms with Gasteiger partial charge in [-0.2, -0.15) is 0 Å². The molecule has 21 heavy (non-hydrogen) atoms. The molecule has 0 spiro atoms. The quantitative estimate of drug-likeness (QED) is 0.797. The molecule has 0 radical (unpaired) electrons. The smallest absolute Gasteiger partial charge is 0.326 e. The molecule has 5 nitrogen and oxygen atoms in total. The summed E-state index contributed by atoms with van der Waals surface area (Å²) in [6, 6.07) is 6.73. The van der Waals surface area contributed by atoms with Crippen molar-refractivity contribution in [3.05, 3.63) is 35.4 Å². The zero-order chi connectivity index (χ0) is 15.4. The fourth-order valence-electron chi connectivity index (χ4n) is 2.76. The van der Waals surface area contributed by atoms with Crippen LogP contribution in [-0.4, -0.2) is 23.1 Å². The number of carbonyl (C=O) groups is 2. The highest BCUT2D eigenvalue weighted by Crippen LogP contribution is 2.29. The van der Waals surface area contributed by atoms with Gasteiger partial charge in [0.2, 0.25) is 0 Å². The summed E-state index contributed by atoms with van der Waals surface area (Å²) in [7, 11) is 0. The van der Waals surface area contributed by atoms with Gasteiger partial charge in [0.15, 0.2) is 0 Å². The van der Waals surface area contributed by atoms with Crippen molar-refractivity contribution in [1.29, 1.82) is 0 Å². The summed E-state index contributed by atoms with van der Waals surface area (Å²) in [5.74, 6) is -1.17. The number of carboxylic acids is 1. The Morgan fingerprint density at radius 2 is 2.00 bits per heavy atom. The van der Waals surface area contributed by atoms with Gasteiger partial charge in [-0.15, -0.1) is 0 Å². The van der Waals surface area contributed by atoms with Gasteiger partial charge in [0.1, 0.15) is 6.04 Å². The van der Waals surface area contributed by atoms with Crippen LogP contribution in [0.2, 0.25) is 0 Å². The van der Waals surface area contributed by atoms with E-state index in [0.29, 0.717) is 0 Å². The Morgan fingerprint density at radius 1 is 1.29 bits per heavy atom. The van der Waals surface area contributed by atoms with Gasteiger partial charge in [-0.25, -0.2) is 9.59 Å². The Hall–Kier alpha value is -2.04. The van der Waals surface area contributed by atoms with Gasteiger partial charge in [-0.3, -0.25) is 0 Å². The SMILES string of the molecule is CC(C)[C@H](NC(=O)N[C@@H]1CCCc2ccccc21)C(=O)O. The molecule has 1 aromatic rings. The first-order valence-electron chi connectivity index (χ1n) is 7.36. The second-order valence-electron chi connectivity index (χ2n) is 5.82. The number of aliphatic carboxylic acids is 1. The van der Waals surface area contributed by atoms with Gasteiger partial charge >= 0.3 is 12.0 Å². The van der Waals surface area contributed by atoms with E-state index in [1.54, 1.807) is 13.8 Å². The van der Waals surface area contributed by atoms with Gasteiger partial charge in [0.25, 0.3) is 0 Å². The summed E-state index contributed by atoms with van der Waals surface area (Å²) in [5.41, 5.74) is 2.39. The van der Waals surface area contributed by atoms with Crippen molar-refractivity contribution in [2.75, 3.05) is 0 Å². The molecule has 3 N–H and O–H groups in total. The van der Waals surface area contributed by atoms with Gasteiger partial charge in [0.05, 0.1) is 6.04 Å². The molecular weight excluding hydrogens is 268 g/mol. The molecule has 1 aliphatic carbocycles. The monoisotopic (exact) mass is 290 g/mol. The molecule has 0 fully saturated rings. The van der Waals surface area contributed by atoms with E-state index in [0.717, 1.165) is 24.8 Å². The molecule has 0 bridgehead atoms. The summed E-state index contributed by atoms with van der Waals surface area (Å²) in [4.78, 5) is 23.2. The van der Waals surface area contributed by atoms with Crippen molar-refractivity contribution in [1.82, 2.24) is 10.6 Å². The highest BCUT2D eigenvalue weighted by atomic mass is 16.4. The lowest BCUT2D eigenvalue weighted by Gasteiger charge is -2.27. The second kappa shape index (κ2) is 6.61. The van der Waals surface area contributed by atoms with E-state index in [1.807, 2.05) is 18.2 Å². The van der Waals surface area contributed by atoms with E-state index in [4.69, 9.17) is 5.11 Å². The predicted molar refractivity (Wildman–Crippen MR) is 80.1 cm³/mol. The van der Waals surface area contributed by atoms with Crippen LogP contribution in [0.1, 0.15) is 43.9 Å². The minimum absolute atomic E-state index is 0.0449. The normalized spacial score (nSPS) is 18.7. The van der Waals surface area contributed by atoms with Crippen LogP contribution in [0.25, 0.3) is 0 Å². The van der Waals surface area contributed by atoms with Gasteiger partial charge in [0, 0.05) is 0 Å². The molecule has 0 aromatic heterocycles. The van der Waals surface area contributed by atoms with Crippen LogP contribution in [0.3, 0.4) is 0 Å². The number of hydrogen-bond donors (Lipinski definition) is 3. The Bertz CT molecular complexity index is 528. The van der Waals surface area contributed by atoms with Crippen LogP contribution in [-0.2, 0) is 11.2 Å². The number of hydrogen-bond acceptors (Lipinski definition) is 2. The lowest BCUT2D eigenvalue weighted by Crippen LogP contribution is -2.49. The number of nitrogens with one attached hydrogen (secondary N) is 2. The first-order valence-corrected chi connectivity index (χ1v) is 7.36. The van der Waals surface area contributed by atoms with Crippen LogP contribution in [0.15, 0.2) is 24.3 Å². The Labute approximate surface area is 124 Å². The number of rotatable bonds is 4. The molecule has 2 rings (SSSR count). The summed E-state index contributed by atoms with van der Waals surface area (Å²) in [6.07, 6.45) is 2.93. The number of carbonyl (C=O) groups excluding carboxylic acids is 1. The Balaban J connectivity index is 2.02. The molecule has 1 aromatic carbocycles. The minimum Gasteiger partial charge on any atom is -0.480 e. The molecule has 0 aliphatic heterocycles. The first-order chi connectivity index (χ1) is 9.99. The number of carboxylic acid groups (broad SMARTS) is 1. The number of fused-ring (bicyclic) bond motifs is 1. The molecule has 114 valence electrons. The molecule has 2 atom stereocenters. The largest absolute Gasteiger partial charge is 0.480 e. The van der Waals surface area contributed by atoms with Crippen LogP contribution in [0, 0.1) is 5.92 Å². The van der Waals surface area contributed by atoms with E-state index in [2.05, 4.69) is 16.7 Å². The van der Waals surface area contributed by atoms with Crippen molar-refractivity contribution in [2.45, 2.75) is 45.2 Å². The van der Waals surface area contributed by atoms with Crippen molar-refractivity contribution in [3.63, 3.8) is 0 Å². The fourth-order valence-corrected chi connectivity index (χ4v) is 2.76. The van der Waals surface area contributed by atoms with Crippen LogP contribution in [0.4, 0.5) is 4.79 Å². The van der Waals surface area contributed by atoms with E-state index >= 15 is 0 Å². The molecular formula is C16H22N2O3. The lowest BCUT2D eigenvalue weighted by molar-refractivity contribution is -0.140. The van der Waals surface area contributed by atoms with Crippen molar-refractivity contribution >= 4 is 12.0 Å². The Kier molecular flexibility index (Phi) is 4.83. The third-order valence-corrected chi connectivity index (χ3v) is 3.89. The van der Waals surface area contributed by atoms with Crippen molar-refractivity contribution < 1.29 is 14.7 Å². The zero-order valence-corrected chi connectivity index (χ0v) is 12.4. The third kappa shape index (κ3) is 3.74. The minimum atomic E-state index is -1.01. The van der Waals surface area contributed by atoms with Crippen molar-refractivity contribution in [2.24, 2.45) is 5.92 Å². The summed E-state index contributed by atoms with van der Waals surface area (Å²) in [6.45, 7) is 3.55. The molecule has 1 aliphatic rings. The summed E-state index contributed by atoms with van der Waals surface area (Å²) < 4.78 is 0. The highest BCUT2D eigenvalue weighted by molar-refractivity contribution is 5.83. The predicted octanol–water partition coefficient (Wildman–Crippen LogP) is 2.47. The van der Waals surface area contributed by atoms with E-state index < -0.39 is 18.0 Å². The molecule has 0 saturated heterocycles. The molecule has 0 unspecified atom stereocenters. The van der Waals surface area contributed by atoms with Gasteiger partial charge in [-0.05, 0) is 36.3 Å². The maximum Gasteiger partial charge on any atom is 0.326 e. The molecule has 0 heterocycles. The number of amides is 2. The van der Waals surface area contributed by atoms with E-state index in [1.165, 1.54) is 5.56 Å². The maximum atomic E-state index is 12.1. The van der Waals surface area contributed by atoms with E-state index in [-0.39, 0.29) is 12.0 Å². The number of urea groups is 1. The summed E-state index contributed by atoms with van der Waals surface area (Å²) >= 11 is 0. The zero-order valence-electron chi connectivity index (χ0n) is 12.4. The van der Waals surface area contributed by atoms with Gasteiger partial charge in [-0.1, -0.05) is 38.1 Å². The second-order valence-corrected chi connectivity index (χ2v) is 5.82. The highest BCUT2D eigenvalue weighted by Gasteiger charge is 2.26. The average molecular weight is 290 g/mol. The first kappa shape index (κ1) is 15.4. The van der Waals surface area contributed by atoms with E-state index in [9.17, 15) is 9.59 Å². The van der Waals surface area contributed by atoms with Crippen LogP contribution >= 0.6 is 0 Å². The average Bonchev–Trinajstić information content (AvgIpc) is 2.44. The van der Waals surface area contributed by atoms with Gasteiger partial charge < -0.3 is 15.7 Å². The lowest BCUT2D eigenvalue weighted by atomic mass is 9.88. The molecule has 5 heteroatoms. The molecule has 0 saturated carbocycles. The Morgan fingerprint density at radius 3 is 2.67 bits per heavy atom. The maximum absolute atomic E-state index is 12.1. The standard InChI is InChI=1S/C16H22N2O3/c1-10(2)14(15(19)20)18-16(21)17-13-9-5-7-11-6-3-4-8-12(11)13/h3-4,6,8,10,13-14H,5,7,9H2,1-2H3,(H,19,20)(H2,17,18,21)/t13-,14+/m1/s1.